The molecule has 0 radical (unpaired) electrons. The van der Waals surface area contributed by atoms with Crippen LogP contribution >= 0.6 is 11.8 Å². The Bertz CT molecular complexity index is 428. The van der Waals surface area contributed by atoms with Gasteiger partial charge in [-0.3, -0.25) is 4.79 Å². The molecule has 0 atom stereocenters. The monoisotopic (exact) mass is 268 g/mol. The van der Waals surface area contributed by atoms with Crippen LogP contribution in [0, 0.1) is 11.7 Å². The third-order valence-electron chi connectivity index (χ3n) is 3.28. The summed E-state index contributed by atoms with van der Waals surface area (Å²) in [5, 5.41) is 0. The average Bonchev–Trinajstić information content (AvgIpc) is 2.40. The van der Waals surface area contributed by atoms with Crippen LogP contribution < -0.4 is 4.74 Å². The van der Waals surface area contributed by atoms with Crippen LogP contribution in [0.5, 0.6) is 5.75 Å². The van der Waals surface area contributed by atoms with Crippen LogP contribution in [-0.4, -0.2) is 24.4 Å². The van der Waals surface area contributed by atoms with Crippen molar-refractivity contribution in [2.24, 2.45) is 5.92 Å². The molecule has 0 N–H and O–H groups in total. The number of halogens is 1. The van der Waals surface area contributed by atoms with Gasteiger partial charge in [-0.25, -0.2) is 4.39 Å². The molecule has 18 heavy (non-hydrogen) atoms. The van der Waals surface area contributed by atoms with Crippen molar-refractivity contribution in [2.75, 3.05) is 18.6 Å². The Balaban J connectivity index is 2.09. The van der Waals surface area contributed by atoms with Crippen molar-refractivity contribution >= 4 is 17.5 Å². The fraction of sp³-hybridized carbons (Fsp3) is 0.500. The molecule has 0 bridgehead atoms. The van der Waals surface area contributed by atoms with Gasteiger partial charge in [0.15, 0.2) is 5.78 Å². The van der Waals surface area contributed by atoms with Gasteiger partial charge in [0.05, 0.1) is 12.7 Å². The first-order valence-electron chi connectivity index (χ1n) is 6.15. The zero-order chi connectivity index (χ0) is 13.0. The van der Waals surface area contributed by atoms with E-state index in [-0.39, 0.29) is 5.78 Å². The van der Waals surface area contributed by atoms with Crippen molar-refractivity contribution in [3.05, 3.63) is 29.6 Å². The number of benzene rings is 1. The van der Waals surface area contributed by atoms with Crippen molar-refractivity contribution in [1.29, 1.82) is 0 Å². The topological polar surface area (TPSA) is 26.3 Å². The first kappa shape index (κ1) is 13.4. The molecule has 0 aliphatic carbocycles. The van der Waals surface area contributed by atoms with Crippen molar-refractivity contribution in [3.8, 4) is 5.75 Å². The van der Waals surface area contributed by atoms with Crippen LogP contribution in [0.4, 0.5) is 4.39 Å². The highest BCUT2D eigenvalue weighted by Crippen LogP contribution is 2.28. The third-order valence-corrected chi connectivity index (χ3v) is 4.33. The summed E-state index contributed by atoms with van der Waals surface area (Å²) in [6, 6.07) is 4.10. The Morgan fingerprint density at radius 1 is 1.44 bits per heavy atom. The molecule has 1 aromatic rings. The van der Waals surface area contributed by atoms with Gasteiger partial charge in [0.2, 0.25) is 0 Å². The second kappa shape index (κ2) is 6.23. The van der Waals surface area contributed by atoms with E-state index >= 15 is 0 Å². The molecule has 1 aromatic carbocycles. The number of carbonyl (C=O) groups is 1. The first-order chi connectivity index (χ1) is 8.70. The van der Waals surface area contributed by atoms with Crippen molar-refractivity contribution in [1.82, 2.24) is 0 Å². The predicted molar refractivity (Wildman–Crippen MR) is 71.9 cm³/mol. The molecule has 1 fully saturated rings. The molecule has 0 unspecified atom stereocenters. The fourth-order valence-electron chi connectivity index (χ4n) is 2.22. The predicted octanol–water partition coefficient (Wildman–Crippen LogP) is 3.55. The van der Waals surface area contributed by atoms with Gasteiger partial charge in [-0.15, -0.1) is 0 Å². The van der Waals surface area contributed by atoms with Gasteiger partial charge in [-0.05, 0) is 48.5 Å². The molecule has 0 aromatic heterocycles. The number of hydrogen-bond acceptors (Lipinski definition) is 3. The van der Waals surface area contributed by atoms with Crippen molar-refractivity contribution < 1.29 is 13.9 Å². The number of ketones is 1. The highest BCUT2D eigenvalue weighted by atomic mass is 32.2. The zero-order valence-electron chi connectivity index (χ0n) is 10.4. The minimum Gasteiger partial charge on any atom is -0.496 e. The normalized spacial score (nSPS) is 16.6. The maximum atomic E-state index is 13.2. The molecule has 0 spiro atoms. The number of hydrogen-bond donors (Lipinski definition) is 0. The van der Waals surface area contributed by atoms with E-state index in [1.165, 1.54) is 25.3 Å². The Labute approximate surface area is 111 Å². The lowest BCUT2D eigenvalue weighted by atomic mass is 9.93. The minimum atomic E-state index is -0.390. The van der Waals surface area contributed by atoms with Crippen LogP contribution in [-0.2, 0) is 0 Å². The molecule has 0 saturated carbocycles. The summed E-state index contributed by atoms with van der Waals surface area (Å²) in [7, 11) is 1.50. The molecule has 1 heterocycles. The molecule has 4 heteroatoms. The Morgan fingerprint density at radius 2 is 2.17 bits per heavy atom. The molecule has 2 rings (SSSR count). The fourth-order valence-corrected chi connectivity index (χ4v) is 3.42. The van der Waals surface area contributed by atoms with E-state index < -0.39 is 5.82 Å². The lowest BCUT2D eigenvalue weighted by Gasteiger charge is -2.20. The van der Waals surface area contributed by atoms with Crippen LogP contribution in [0.1, 0.15) is 29.6 Å². The largest absolute Gasteiger partial charge is 0.496 e. The Kier molecular flexibility index (Phi) is 4.64. The van der Waals surface area contributed by atoms with Gasteiger partial charge < -0.3 is 4.74 Å². The number of thioether (sulfide) groups is 1. The van der Waals surface area contributed by atoms with E-state index in [0.29, 0.717) is 23.7 Å². The SMILES string of the molecule is COc1ccc(F)cc1C(=O)CC1CCSCC1. The number of Topliss-reactive ketones (excluding diaryl/α,β-unsaturated/α-hetero) is 1. The van der Waals surface area contributed by atoms with Gasteiger partial charge in [0.1, 0.15) is 11.6 Å². The van der Waals surface area contributed by atoms with Gasteiger partial charge in [-0.2, -0.15) is 11.8 Å². The smallest absolute Gasteiger partial charge is 0.166 e. The second-order valence-corrected chi connectivity index (χ2v) is 5.75. The van der Waals surface area contributed by atoms with E-state index in [1.807, 2.05) is 11.8 Å². The number of carbonyl (C=O) groups excluding carboxylic acids is 1. The van der Waals surface area contributed by atoms with E-state index in [0.717, 1.165) is 24.3 Å². The Morgan fingerprint density at radius 3 is 2.83 bits per heavy atom. The maximum absolute atomic E-state index is 13.2. The lowest BCUT2D eigenvalue weighted by molar-refractivity contribution is 0.0955. The van der Waals surface area contributed by atoms with Crippen molar-refractivity contribution in [3.63, 3.8) is 0 Å². The quantitative estimate of drug-likeness (QED) is 0.781. The summed E-state index contributed by atoms with van der Waals surface area (Å²) in [5.74, 6) is 2.75. The summed E-state index contributed by atoms with van der Waals surface area (Å²) in [6.07, 6.45) is 2.66. The summed E-state index contributed by atoms with van der Waals surface area (Å²) >= 11 is 1.94. The second-order valence-electron chi connectivity index (χ2n) is 4.53. The molecule has 2 nitrogen and oxygen atoms in total. The van der Waals surface area contributed by atoms with Crippen LogP contribution in [0.2, 0.25) is 0 Å². The number of methoxy groups -OCH3 is 1. The van der Waals surface area contributed by atoms with E-state index in [9.17, 15) is 9.18 Å². The summed E-state index contributed by atoms with van der Waals surface area (Å²) in [4.78, 5) is 12.2. The molecular weight excluding hydrogens is 251 g/mol. The van der Waals surface area contributed by atoms with E-state index in [4.69, 9.17) is 4.74 Å². The standard InChI is InChI=1S/C14H17FO2S/c1-17-14-3-2-11(15)9-12(14)13(16)8-10-4-6-18-7-5-10/h2-3,9-10H,4-8H2,1H3. The minimum absolute atomic E-state index is 0.0109. The highest BCUT2D eigenvalue weighted by molar-refractivity contribution is 7.99. The molecule has 1 aliphatic rings. The van der Waals surface area contributed by atoms with Gasteiger partial charge in [-0.1, -0.05) is 0 Å². The lowest BCUT2D eigenvalue weighted by Crippen LogP contribution is -2.15. The third kappa shape index (κ3) is 3.25. The molecule has 0 amide bonds. The van der Waals surface area contributed by atoms with Gasteiger partial charge in [0.25, 0.3) is 0 Å². The van der Waals surface area contributed by atoms with E-state index in [2.05, 4.69) is 0 Å². The summed E-state index contributed by atoms with van der Waals surface area (Å²) in [5.41, 5.74) is 0.371. The summed E-state index contributed by atoms with van der Waals surface area (Å²) in [6.45, 7) is 0. The summed E-state index contributed by atoms with van der Waals surface area (Å²) < 4.78 is 18.3. The van der Waals surface area contributed by atoms with Crippen LogP contribution in [0.25, 0.3) is 0 Å². The molecule has 1 aliphatic heterocycles. The molecular formula is C14H17FO2S. The van der Waals surface area contributed by atoms with Crippen LogP contribution in [0.15, 0.2) is 18.2 Å². The maximum Gasteiger partial charge on any atom is 0.166 e. The number of ether oxygens (including phenoxy) is 1. The molecule has 1 saturated heterocycles. The highest BCUT2D eigenvalue weighted by Gasteiger charge is 2.20. The first-order valence-corrected chi connectivity index (χ1v) is 7.30. The van der Waals surface area contributed by atoms with Crippen molar-refractivity contribution in [2.45, 2.75) is 19.3 Å². The molecule has 98 valence electrons. The number of rotatable bonds is 4. The van der Waals surface area contributed by atoms with Gasteiger partial charge in [0, 0.05) is 6.42 Å². The average molecular weight is 268 g/mol. The Hall–Kier alpha value is -1.03. The zero-order valence-corrected chi connectivity index (χ0v) is 11.3. The van der Waals surface area contributed by atoms with Gasteiger partial charge >= 0.3 is 0 Å². The van der Waals surface area contributed by atoms with Crippen LogP contribution in [0.3, 0.4) is 0 Å². The van der Waals surface area contributed by atoms with E-state index in [1.54, 1.807) is 0 Å².